The Balaban J connectivity index is 1.12. The van der Waals surface area contributed by atoms with Crippen LogP contribution < -0.4 is 9.80 Å². The highest BCUT2D eigenvalue weighted by atomic mass is 15.4. The molecule has 0 unspecified atom stereocenters. The maximum Gasteiger partial charge on any atom is 0.137 e. The van der Waals surface area contributed by atoms with Crippen molar-refractivity contribution >= 4 is 44.6 Å². The van der Waals surface area contributed by atoms with Gasteiger partial charge in [0.25, 0.3) is 0 Å². The largest absolute Gasteiger partial charge is 0.321 e. The average Bonchev–Trinajstić information content (AvgIpc) is 3.95. The summed E-state index contributed by atoms with van der Waals surface area (Å²) in [5, 5.41) is 2.25. The van der Waals surface area contributed by atoms with Crippen LogP contribution in [-0.2, 0) is 5.41 Å². The second kappa shape index (κ2) is 15.1. The third-order valence-electron chi connectivity index (χ3n) is 12.2. The SMILES string of the molecule is [2H]c1c([2H])c([2H])c(-c2cccc(-c3c([2H])c([2H])c([2H])c([2H])c3[2H])c2N2CN(c3cc(-c4ccccc4)cc(C(C)(C)c4ccc5c6ccccc6n(-c6cc(C)ccn6)c5c4)c3)c3ccccc32)c([2H])c1[2H]. The van der Waals surface area contributed by atoms with Crippen molar-refractivity contribution in [2.24, 2.45) is 0 Å². The molecular weight excluding hydrogens is 753 g/mol. The molecule has 0 saturated carbocycles. The average molecular weight is 809 g/mol. The molecule has 4 nitrogen and oxygen atoms in total. The molecule has 4 heteroatoms. The molecule has 1 aliphatic rings. The number of aryl methyl sites for hydroxylation is 1. The summed E-state index contributed by atoms with van der Waals surface area (Å²) in [6, 6.07) is 43.8. The minimum atomic E-state index is -0.574. The van der Waals surface area contributed by atoms with Crippen LogP contribution in [0.3, 0.4) is 0 Å². The number of para-hydroxylation sites is 4. The lowest BCUT2D eigenvalue weighted by Crippen LogP contribution is -2.26. The molecule has 0 atom stereocenters. The van der Waals surface area contributed by atoms with Crippen molar-refractivity contribution in [2.75, 3.05) is 16.5 Å². The van der Waals surface area contributed by atoms with E-state index in [0.29, 0.717) is 11.4 Å². The van der Waals surface area contributed by atoms with E-state index in [0.717, 1.165) is 66.8 Å². The molecular formula is C58H46N4. The van der Waals surface area contributed by atoms with Crippen molar-refractivity contribution in [3.8, 4) is 39.2 Å². The molecule has 2 aromatic heterocycles. The molecule has 11 rings (SSSR count). The van der Waals surface area contributed by atoms with Gasteiger partial charge < -0.3 is 9.80 Å². The highest BCUT2D eigenvalue weighted by Gasteiger charge is 2.33. The Morgan fingerprint density at radius 2 is 1.16 bits per heavy atom. The van der Waals surface area contributed by atoms with Gasteiger partial charge in [0.1, 0.15) is 12.5 Å². The number of nitrogens with zero attached hydrogens (tertiary/aromatic N) is 4. The Hall–Kier alpha value is -7.69. The Morgan fingerprint density at radius 1 is 0.516 bits per heavy atom. The standard InChI is InChI=1S/C58H46N4/c1-40-32-33-59-56(34-40)62-52-27-14-13-24-50(52)51-31-30-45(38-55(51)62)58(2,3)46-35-44(41-18-7-4-8-19-41)36-47(37-46)60-39-61(54-29-16-15-28-53(54)60)57-48(42-20-9-5-10-21-42)25-17-26-49(57)43-22-11-6-12-23-43/h4-38H,39H2,1-3H3/i5D,6D,9D,10D,11D,12D,20D,21D,22D,23D. The van der Waals surface area contributed by atoms with E-state index >= 15 is 0 Å². The van der Waals surface area contributed by atoms with E-state index in [2.05, 4.69) is 109 Å². The lowest BCUT2D eigenvalue weighted by molar-refractivity contribution is 0.641. The first-order valence-corrected chi connectivity index (χ1v) is 20.7. The van der Waals surface area contributed by atoms with Gasteiger partial charge >= 0.3 is 0 Å². The fourth-order valence-corrected chi connectivity index (χ4v) is 8.97. The van der Waals surface area contributed by atoms with Gasteiger partial charge in [-0.15, -0.1) is 0 Å². The van der Waals surface area contributed by atoms with Gasteiger partial charge in [0.05, 0.1) is 41.8 Å². The summed E-state index contributed by atoms with van der Waals surface area (Å²) in [6.07, 6.45) is 1.85. The number of fused-ring (bicyclic) bond motifs is 4. The number of hydrogen-bond acceptors (Lipinski definition) is 3. The van der Waals surface area contributed by atoms with Crippen molar-refractivity contribution in [1.82, 2.24) is 9.55 Å². The van der Waals surface area contributed by atoms with Crippen LogP contribution in [0.2, 0.25) is 0 Å². The number of benzene rings is 8. The normalized spacial score (nSPS) is 14.9. The van der Waals surface area contributed by atoms with Gasteiger partial charge in [-0.3, -0.25) is 4.57 Å². The summed E-state index contributed by atoms with van der Waals surface area (Å²) >= 11 is 0. The Morgan fingerprint density at radius 3 is 1.87 bits per heavy atom. The third-order valence-corrected chi connectivity index (χ3v) is 12.2. The molecule has 0 aliphatic carbocycles. The van der Waals surface area contributed by atoms with Gasteiger partial charge in [-0.2, -0.15) is 0 Å². The first-order valence-electron chi connectivity index (χ1n) is 25.7. The number of rotatable bonds is 8. The summed E-state index contributed by atoms with van der Waals surface area (Å²) < 4.78 is 90.4. The van der Waals surface area contributed by atoms with Crippen molar-refractivity contribution in [2.45, 2.75) is 26.2 Å². The summed E-state index contributed by atoms with van der Waals surface area (Å²) in [6.45, 7) is 6.66. The first kappa shape index (κ1) is 28.0. The van der Waals surface area contributed by atoms with Crippen LogP contribution >= 0.6 is 0 Å². The lowest BCUT2D eigenvalue weighted by Gasteiger charge is -2.30. The predicted octanol–water partition coefficient (Wildman–Crippen LogP) is 15.1. The van der Waals surface area contributed by atoms with Gasteiger partial charge in [-0.1, -0.05) is 171 Å². The molecule has 0 radical (unpaired) electrons. The van der Waals surface area contributed by atoms with Crippen LogP contribution in [0.5, 0.6) is 0 Å². The summed E-state index contributed by atoms with van der Waals surface area (Å²) in [4.78, 5) is 8.95. The van der Waals surface area contributed by atoms with E-state index < -0.39 is 65.8 Å². The fraction of sp³-hybridized carbons (Fsp3) is 0.0862. The number of hydrogen-bond donors (Lipinski definition) is 0. The monoisotopic (exact) mass is 808 g/mol. The van der Waals surface area contributed by atoms with Crippen LogP contribution in [0, 0.1) is 6.92 Å². The molecule has 0 saturated heterocycles. The number of anilines is 4. The summed E-state index contributed by atoms with van der Waals surface area (Å²) in [7, 11) is 0. The van der Waals surface area contributed by atoms with Crippen LogP contribution in [0.4, 0.5) is 22.7 Å². The zero-order chi connectivity index (χ0) is 50.5. The van der Waals surface area contributed by atoms with Crippen molar-refractivity contribution < 1.29 is 13.7 Å². The van der Waals surface area contributed by atoms with Gasteiger partial charge in [0.15, 0.2) is 0 Å². The van der Waals surface area contributed by atoms with Crippen molar-refractivity contribution in [3.05, 3.63) is 229 Å². The maximum absolute atomic E-state index is 9.15. The van der Waals surface area contributed by atoms with E-state index in [9.17, 15) is 0 Å². The molecule has 298 valence electrons. The van der Waals surface area contributed by atoms with E-state index in [1.807, 2.05) is 59.6 Å². The van der Waals surface area contributed by atoms with Crippen LogP contribution in [0.25, 0.3) is 61.0 Å². The molecule has 8 aromatic carbocycles. The Kier molecular flexibility index (Phi) is 6.80. The topological polar surface area (TPSA) is 24.3 Å². The van der Waals surface area contributed by atoms with Crippen LogP contribution in [0.1, 0.15) is 44.2 Å². The number of aromatic nitrogens is 2. The fourth-order valence-electron chi connectivity index (χ4n) is 8.97. The van der Waals surface area contributed by atoms with Gasteiger partial charge in [-0.05, 0) is 94.4 Å². The predicted molar refractivity (Wildman–Crippen MR) is 260 cm³/mol. The van der Waals surface area contributed by atoms with Crippen molar-refractivity contribution in [3.63, 3.8) is 0 Å². The van der Waals surface area contributed by atoms with Gasteiger partial charge in [0.2, 0.25) is 0 Å². The Labute approximate surface area is 377 Å². The van der Waals surface area contributed by atoms with Crippen molar-refractivity contribution in [1.29, 1.82) is 0 Å². The quantitative estimate of drug-likeness (QED) is 0.153. The molecule has 62 heavy (non-hydrogen) atoms. The molecule has 0 N–H and O–H groups in total. The molecule has 10 aromatic rings. The lowest BCUT2D eigenvalue weighted by atomic mass is 9.77. The molecule has 0 fully saturated rings. The Bertz CT molecular complexity index is 3720. The minimum absolute atomic E-state index is 0.0783. The van der Waals surface area contributed by atoms with Crippen LogP contribution in [-0.4, -0.2) is 16.2 Å². The van der Waals surface area contributed by atoms with E-state index in [1.54, 1.807) is 18.2 Å². The van der Waals surface area contributed by atoms with E-state index in [4.69, 9.17) is 18.7 Å². The second-order valence-electron chi connectivity index (χ2n) is 16.2. The highest BCUT2D eigenvalue weighted by molar-refractivity contribution is 6.09. The molecule has 0 spiro atoms. The van der Waals surface area contributed by atoms with E-state index in [1.165, 1.54) is 0 Å². The number of pyridine rings is 1. The zero-order valence-electron chi connectivity index (χ0n) is 44.4. The van der Waals surface area contributed by atoms with E-state index in [-0.39, 0.29) is 28.9 Å². The van der Waals surface area contributed by atoms with Gasteiger partial charge in [0, 0.05) is 39.2 Å². The molecule has 1 aliphatic heterocycles. The third kappa shape index (κ3) is 6.35. The summed E-state index contributed by atoms with van der Waals surface area (Å²) in [5.41, 5.74) is 9.71. The molecule has 0 bridgehead atoms. The summed E-state index contributed by atoms with van der Waals surface area (Å²) in [5.74, 6) is 0.838. The van der Waals surface area contributed by atoms with Gasteiger partial charge in [-0.25, -0.2) is 4.98 Å². The first-order chi connectivity index (χ1) is 34.6. The van der Waals surface area contributed by atoms with Crippen LogP contribution in [0.15, 0.2) is 212 Å². The molecule has 0 amide bonds. The smallest absolute Gasteiger partial charge is 0.137 e. The highest BCUT2D eigenvalue weighted by Crippen LogP contribution is 2.51. The minimum Gasteiger partial charge on any atom is -0.321 e. The molecule has 3 heterocycles. The zero-order valence-corrected chi connectivity index (χ0v) is 34.4. The maximum atomic E-state index is 9.15. The second-order valence-corrected chi connectivity index (χ2v) is 16.2.